The molecule has 3 aromatic carbocycles. The second-order valence-corrected chi connectivity index (χ2v) is 8.01. The zero-order valence-electron chi connectivity index (χ0n) is 18.2. The zero-order valence-corrected chi connectivity index (χ0v) is 21.0. The van der Waals surface area contributed by atoms with Crippen LogP contribution in [-0.4, -0.2) is 16.1 Å². The Kier molecular flexibility index (Phi) is 8.84. The number of aliphatic hydroxyl groups is 1. The summed E-state index contributed by atoms with van der Waals surface area (Å²) >= 11 is 6.07. The first kappa shape index (κ1) is 25.2. The van der Waals surface area contributed by atoms with Gasteiger partial charge in [-0.05, 0) is 59.9 Å². The minimum atomic E-state index is -1.20. The predicted octanol–water partition coefficient (Wildman–Crippen LogP) is 2.09. The molecule has 1 atom stereocenters. The van der Waals surface area contributed by atoms with Crippen LogP contribution in [0.25, 0.3) is 23.1 Å². The molecule has 0 spiro atoms. The van der Waals surface area contributed by atoms with Gasteiger partial charge < -0.3 is 15.0 Å². The van der Waals surface area contributed by atoms with Crippen LogP contribution < -0.4 is 34.7 Å². The second-order valence-electron chi connectivity index (χ2n) is 7.58. The van der Waals surface area contributed by atoms with Crippen molar-refractivity contribution < 1.29 is 44.6 Å². The first-order valence-corrected chi connectivity index (χ1v) is 10.7. The van der Waals surface area contributed by atoms with Crippen LogP contribution in [0.1, 0.15) is 45.3 Å². The van der Waals surface area contributed by atoms with Crippen LogP contribution in [0.3, 0.4) is 0 Å². The molecule has 1 aromatic heterocycles. The van der Waals surface area contributed by atoms with Gasteiger partial charge in [0.05, 0.1) is 23.3 Å². The number of aryl methyl sites for hydroxylation is 1. The number of fused-ring (bicyclic) bond motifs is 1. The van der Waals surface area contributed by atoms with Gasteiger partial charge in [-0.15, -0.1) is 0 Å². The third kappa shape index (κ3) is 6.53. The number of carbonyl (C=O) groups excluding carboxylic acids is 1. The fourth-order valence-electron chi connectivity index (χ4n) is 3.65. The average Bonchev–Trinajstić information content (AvgIpc) is 2.81. The summed E-state index contributed by atoms with van der Waals surface area (Å²) in [6, 6.07) is 23.9. The molecule has 4 nitrogen and oxygen atoms in total. The largest absolute Gasteiger partial charge is 1.00 e. The number of carboxylic acids is 1. The number of carboxylic acid groups (broad SMARTS) is 1. The molecule has 0 aliphatic heterocycles. The fraction of sp³-hybridized carbons (Fsp3) is 0.111. The van der Waals surface area contributed by atoms with Crippen LogP contribution in [0.4, 0.5) is 0 Å². The maximum Gasteiger partial charge on any atom is 1.00 e. The summed E-state index contributed by atoms with van der Waals surface area (Å²) < 4.78 is 0. The number of benzene rings is 3. The Morgan fingerprint density at radius 3 is 2.61 bits per heavy atom. The van der Waals surface area contributed by atoms with Crippen molar-refractivity contribution in [1.29, 1.82) is 0 Å². The van der Waals surface area contributed by atoms with Gasteiger partial charge in [-0.1, -0.05) is 72.3 Å². The standard InChI is InChI=1S/C27H22ClNO3.Na/c28-22-12-9-20-10-14-23(29-25(20)17-22)13-8-18-4-3-6-21(16-18)26(30)15-11-19-5-1-2-7-24(19)27(31)32;/h1-10,12-14,16-17,26,30H,11,15H2,(H,31,32);/q;+1/p-1/b13-8+;/t26-;/m0./s1. The molecule has 4 rings (SSSR count). The molecule has 1 heterocycles. The quantitative estimate of drug-likeness (QED) is 0.424. The van der Waals surface area contributed by atoms with Gasteiger partial charge in [0.15, 0.2) is 0 Å². The van der Waals surface area contributed by atoms with Crippen molar-refractivity contribution in [3.05, 3.63) is 112 Å². The van der Waals surface area contributed by atoms with E-state index < -0.39 is 12.1 Å². The van der Waals surface area contributed by atoms with E-state index in [1.165, 1.54) is 6.07 Å². The molecule has 0 bridgehead atoms. The van der Waals surface area contributed by atoms with Crippen molar-refractivity contribution >= 4 is 40.6 Å². The molecule has 1 N–H and O–H groups in total. The van der Waals surface area contributed by atoms with Crippen LogP contribution in [0.15, 0.2) is 78.9 Å². The van der Waals surface area contributed by atoms with E-state index in [-0.39, 0.29) is 35.1 Å². The average molecular weight is 466 g/mol. The molecule has 160 valence electrons. The fourth-order valence-corrected chi connectivity index (χ4v) is 3.81. The SMILES string of the molecule is O=C([O-])c1ccccc1CC[C@H](O)c1cccc(/C=C/c2ccc3ccc(Cl)cc3n2)c1.[Na+]. The number of hydrogen-bond donors (Lipinski definition) is 1. The predicted molar refractivity (Wildman–Crippen MR) is 126 cm³/mol. The summed E-state index contributed by atoms with van der Waals surface area (Å²) in [6.07, 6.45) is 4.00. The Hall–Kier alpha value is -2.47. The number of halogens is 1. The Labute approximate surface area is 219 Å². The summed E-state index contributed by atoms with van der Waals surface area (Å²) in [5.74, 6) is -1.20. The maximum atomic E-state index is 11.3. The van der Waals surface area contributed by atoms with Gasteiger partial charge in [-0.2, -0.15) is 0 Å². The number of nitrogens with zero attached hydrogens (tertiary/aromatic N) is 1. The van der Waals surface area contributed by atoms with E-state index in [1.807, 2.05) is 66.7 Å². The Balaban J connectivity index is 0.00000306. The van der Waals surface area contributed by atoms with Crippen LogP contribution >= 0.6 is 11.6 Å². The van der Waals surface area contributed by atoms with Gasteiger partial charge in [0.1, 0.15) is 0 Å². The number of aromatic nitrogens is 1. The van der Waals surface area contributed by atoms with Crippen molar-refractivity contribution in [2.24, 2.45) is 0 Å². The first-order chi connectivity index (χ1) is 15.5. The zero-order chi connectivity index (χ0) is 22.5. The molecule has 0 aliphatic rings. The van der Waals surface area contributed by atoms with E-state index in [0.29, 0.717) is 23.4 Å². The van der Waals surface area contributed by atoms with Crippen LogP contribution in [0, 0.1) is 0 Å². The van der Waals surface area contributed by atoms with E-state index in [4.69, 9.17) is 11.6 Å². The number of carbonyl (C=O) groups is 1. The summed E-state index contributed by atoms with van der Waals surface area (Å²) in [5.41, 5.74) is 4.18. The third-order valence-electron chi connectivity index (χ3n) is 5.34. The van der Waals surface area contributed by atoms with Gasteiger partial charge in [0.25, 0.3) is 0 Å². The number of aromatic carboxylic acids is 1. The Morgan fingerprint density at radius 2 is 1.79 bits per heavy atom. The van der Waals surface area contributed by atoms with E-state index in [1.54, 1.807) is 18.2 Å². The molecule has 0 fully saturated rings. The number of rotatable bonds is 7. The second kappa shape index (κ2) is 11.6. The minimum absolute atomic E-state index is 0. The molecule has 4 aromatic rings. The van der Waals surface area contributed by atoms with Crippen LogP contribution in [0.5, 0.6) is 0 Å². The van der Waals surface area contributed by atoms with Crippen molar-refractivity contribution in [3.63, 3.8) is 0 Å². The van der Waals surface area contributed by atoms with Crippen molar-refractivity contribution in [1.82, 2.24) is 4.98 Å². The Bertz CT molecular complexity index is 1310. The van der Waals surface area contributed by atoms with E-state index in [0.717, 1.165) is 27.7 Å². The number of hydrogen-bond acceptors (Lipinski definition) is 4. The van der Waals surface area contributed by atoms with Crippen molar-refractivity contribution in [3.8, 4) is 0 Å². The van der Waals surface area contributed by atoms with Gasteiger partial charge in [-0.3, -0.25) is 0 Å². The maximum absolute atomic E-state index is 11.3. The molecule has 0 amide bonds. The molecular formula is C27H21ClNNaO3. The number of aliphatic hydroxyl groups excluding tert-OH is 1. The van der Waals surface area contributed by atoms with E-state index >= 15 is 0 Å². The summed E-state index contributed by atoms with van der Waals surface area (Å²) in [7, 11) is 0. The molecule has 33 heavy (non-hydrogen) atoms. The summed E-state index contributed by atoms with van der Waals surface area (Å²) in [5, 5.41) is 23.6. The molecule has 0 saturated heterocycles. The topological polar surface area (TPSA) is 73.2 Å². The summed E-state index contributed by atoms with van der Waals surface area (Å²) in [6.45, 7) is 0. The van der Waals surface area contributed by atoms with Gasteiger partial charge in [0, 0.05) is 16.0 Å². The van der Waals surface area contributed by atoms with Crippen molar-refractivity contribution in [2.45, 2.75) is 18.9 Å². The normalized spacial score (nSPS) is 11.9. The number of pyridine rings is 1. The van der Waals surface area contributed by atoms with Crippen molar-refractivity contribution in [2.75, 3.05) is 0 Å². The van der Waals surface area contributed by atoms with Gasteiger partial charge >= 0.3 is 29.6 Å². The monoisotopic (exact) mass is 465 g/mol. The molecule has 0 saturated carbocycles. The molecule has 0 radical (unpaired) electrons. The molecular weight excluding hydrogens is 445 g/mol. The van der Waals surface area contributed by atoms with Gasteiger partial charge in [0.2, 0.25) is 0 Å². The van der Waals surface area contributed by atoms with Crippen LogP contribution in [0.2, 0.25) is 5.02 Å². The molecule has 0 aliphatic carbocycles. The smallest absolute Gasteiger partial charge is 0.545 e. The Morgan fingerprint density at radius 1 is 1.00 bits per heavy atom. The third-order valence-corrected chi connectivity index (χ3v) is 5.58. The van der Waals surface area contributed by atoms with Gasteiger partial charge in [-0.25, -0.2) is 4.98 Å². The first-order valence-electron chi connectivity index (χ1n) is 10.3. The molecule has 0 unspecified atom stereocenters. The van der Waals surface area contributed by atoms with Crippen LogP contribution in [-0.2, 0) is 6.42 Å². The van der Waals surface area contributed by atoms with E-state index in [9.17, 15) is 15.0 Å². The summed E-state index contributed by atoms with van der Waals surface area (Å²) in [4.78, 5) is 15.9. The molecule has 6 heteroatoms. The van der Waals surface area contributed by atoms with E-state index in [2.05, 4.69) is 4.98 Å². The minimum Gasteiger partial charge on any atom is -0.545 e.